The van der Waals surface area contributed by atoms with Gasteiger partial charge in [0.15, 0.2) is 0 Å². The topological polar surface area (TPSA) is 49.7 Å². The first-order valence-electron chi connectivity index (χ1n) is 5.39. The standard InChI is InChI=1S/C11H14Br2N2O2S/c1-3-15(4-2)8-14-18(16,17)11-6-9(12)5-10(13)7-11/h5-8H,3-4H2,1-2H3. The van der Waals surface area contributed by atoms with E-state index in [1.165, 1.54) is 18.5 Å². The maximum absolute atomic E-state index is 12.0. The Morgan fingerprint density at radius 2 is 1.67 bits per heavy atom. The Hall–Kier alpha value is -0.400. The zero-order chi connectivity index (χ0) is 13.8. The molecule has 0 saturated carbocycles. The minimum absolute atomic E-state index is 0.159. The monoisotopic (exact) mass is 396 g/mol. The number of hydrogen-bond acceptors (Lipinski definition) is 2. The maximum Gasteiger partial charge on any atom is 0.283 e. The van der Waals surface area contributed by atoms with E-state index in [0.29, 0.717) is 8.95 Å². The summed E-state index contributed by atoms with van der Waals surface area (Å²) >= 11 is 6.51. The summed E-state index contributed by atoms with van der Waals surface area (Å²) in [6.45, 7) is 5.32. The van der Waals surface area contributed by atoms with Crippen LogP contribution in [0.2, 0.25) is 0 Å². The number of sulfonamides is 1. The predicted molar refractivity (Wildman–Crippen MR) is 80.4 cm³/mol. The largest absolute Gasteiger partial charge is 0.362 e. The van der Waals surface area contributed by atoms with Gasteiger partial charge in [0, 0.05) is 22.0 Å². The third-order valence-corrected chi connectivity index (χ3v) is 4.41. The third-order valence-electron chi connectivity index (χ3n) is 2.30. The van der Waals surface area contributed by atoms with Crippen molar-refractivity contribution in [2.45, 2.75) is 18.7 Å². The number of halogens is 2. The molecule has 4 nitrogen and oxygen atoms in total. The van der Waals surface area contributed by atoms with Crippen LogP contribution in [-0.2, 0) is 10.0 Å². The van der Waals surface area contributed by atoms with Crippen LogP contribution in [0, 0.1) is 0 Å². The van der Waals surface area contributed by atoms with Gasteiger partial charge in [-0.1, -0.05) is 31.9 Å². The SMILES string of the molecule is CCN(C=NS(=O)(=O)c1cc(Br)cc(Br)c1)CC. The van der Waals surface area contributed by atoms with Gasteiger partial charge < -0.3 is 4.90 Å². The van der Waals surface area contributed by atoms with Crippen molar-refractivity contribution in [2.24, 2.45) is 4.40 Å². The van der Waals surface area contributed by atoms with Crippen molar-refractivity contribution in [1.29, 1.82) is 0 Å². The lowest BCUT2D eigenvalue weighted by Gasteiger charge is -2.13. The van der Waals surface area contributed by atoms with Gasteiger partial charge in [0.25, 0.3) is 10.0 Å². The summed E-state index contributed by atoms with van der Waals surface area (Å²) < 4.78 is 29.1. The van der Waals surface area contributed by atoms with Gasteiger partial charge in [-0.15, -0.1) is 4.40 Å². The van der Waals surface area contributed by atoms with Crippen LogP contribution in [0.5, 0.6) is 0 Å². The lowest BCUT2D eigenvalue weighted by atomic mass is 10.4. The highest BCUT2D eigenvalue weighted by Crippen LogP contribution is 2.24. The van der Waals surface area contributed by atoms with E-state index in [0.717, 1.165) is 13.1 Å². The molecule has 0 aliphatic rings. The smallest absolute Gasteiger partial charge is 0.283 e. The molecule has 100 valence electrons. The molecule has 18 heavy (non-hydrogen) atoms. The van der Waals surface area contributed by atoms with Crippen molar-refractivity contribution in [3.63, 3.8) is 0 Å². The molecule has 0 radical (unpaired) electrons. The van der Waals surface area contributed by atoms with Crippen LogP contribution >= 0.6 is 31.9 Å². The van der Waals surface area contributed by atoms with Gasteiger partial charge in [-0.05, 0) is 32.0 Å². The van der Waals surface area contributed by atoms with Crippen LogP contribution in [0.1, 0.15) is 13.8 Å². The molecular weight excluding hydrogens is 384 g/mol. The van der Waals surface area contributed by atoms with E-state index in [2.05, 4.69) is 36.3 Å². The van der Waals surface area contributed by atoms with Crippen molar-refractivity contribution >= 4 is 48.2 Å². The minimum atomic E-state index is -3.65. The molecule has 0 N–H and O–H groups in total. The van der Waals surface area contributed by atoms with Crippen molar-refractivity contribution in [2.75, 3.05) is 13.1 Å². The van der Waals surface area contributed by atoms with E-state index in [9.17, 15) is 8.42 Å². The summed E-state index contributed by atoms with van der Waals surface area (Å²) in [7, 11) is -3.65. The van der Waals surface area contributed by atoms with E-state index in [1.54, 1.807) is 6.07 Å². The molecule has 0 bridgehead atoms. The number of benzene rings is 1. The highest BCUT2D eigenvalue weighted by atomic mass is 79.9. The Balaban J connectivity index is 3.06. The number of hydrogen-bond donors (Lipinski definition) is 0. The van der Waals surface area contributed by atoms with E-state index in [1.807, 2.05) is 18.7 Å². The summed E-state index contributed by atoms with van der Waals surface area (Å²) in [5.74, 6) is 0. The zero-order valence-corrected chi connectivity index (χ0v) is 14.1. The molecule has 0 fully saturated rings. The highest BCUT2D eigenvalue weighted by molar-refractivity contribution is 9.11. The van der Waals surface area contributed by atoms with Gasteiger partial charge in [-0.25, -0.2) is 0 Å². The Morgan fingerprint density at radius 3 is 2.11 bits per heavy atom. The Morgan fingerprint density at radius 1 is 1.17 bits per heavy atom. The lowest BCUT2D eigenvalue weighted by molar-refractivity contribution is 0.480. The quantitative estimate of drug-likeness (QED) is 0.565. The van der Waals surface area contributed by atoms with Crippen molar-refractivity contribution < 1.29 is 8.42 Å². The highest BCUT2D eigenvalue weighted by Gasteiger charge is 2.13. The van der Waals surface area contributed by atoms with E-state index >= 15 is 0 Å². The Kier molecular flexibility index (Phi) is 5.81. The van der Waals surface area contributed by atoms with Gasteiger partial charge in [-0.2, -0.15) is 8.42 Å². The zero-order valence-electron chi connectivity index (χ0n) is 10.1. The van der Waals surface area contributed by atoms with Crippen LogP contribution < -0.4 is 0 Å². The minimum Gasteiger partial charge on any atom is -0.362 e. The average Bonchev–Trinajstić information content (AvgIpc) is 2.29. The summed E-state index contributed by atoms with van der Waals surface area (Å²) in [5, 5.41) is 0. The second-order valence-corrected chi connectivity index (χ2v) is 6.99. The molecule has 0 saturated heterocycles. The van der Waals surface area contributed by atoms with E-state index in [4.69, 9.17) is 0 Å². The number of rotatable bonds is 5. The molecular formula is C11H14Br2N2O2S. The van der Waals surface area contributed by atoms with E-state index < -0.39 is 10.0 Å². The fourth-order valence-electron chi connectivity index (χ4n) is 1.25. The predicted octanol–water partition coefficient (Wildman–Crippen LogP) is 3.27. The van der Waals surface area contributed by atoms with Gasteiger partial charge in [0.1, 0.15) is 6.34 Å². The van der Waals surface area contributed by atoms with Crippen molar-refractivity contribution in [3.05, 3.63) is 27.1 Å². The normalized spacial score (nSPS) is 12.0. The summed E-state index contributed by atoms with van der Waals surface area (Å²) in [4.78, 5) is 1.97. The van der Waals surface area contributed by atoms with Crippen LogP contribution in [0.25, 0.3) is 0 Å². The van der Waals surface area contributed by atoms with Crippen LogP contribution in [0.15, 0.2) is 36.4 Å². The molecule has 0 aliphatic heterocycles. The first-order valence-corrected chi connectivity index (χ1v) is 8.42. The molecule has 0 aromatic heterocycles. The Bertz CT molecular complexity index is 520. The van der Waals surface area contributed by atoms with Gasteiger partial charge in [0.2, 0.25) is 0 Å². The lowest BCUT2D eigenvalue weighted by Crippen LogP contribution is -2.21. The maximum atomic E-state index is 12.0. The first-order chi connectivity index (χ1) is 8.39. The summed E-state index contributed by atoms with van der Waals surface area (Å²) in [6, 6.07) is 4.83. The second kappa shape index (κ2) is 6.68. The third kappa shape index (κ3) is 4.37. The second-order valence-electron chi connectivity index (χ2n) is 3.52. The van der Waals surface area contributed by atoms with Crippen LogP contribution in [0.3, 0.4) is 0 Å². The van der Waals surface area contributed by atoms with Crippen LogP contribution in [-0.4, -0.2) is 32.7 Å². The van der Waals surface area contributed by atoms with Crippen molar-refractivity contribution in [3.8, 4) is 0 Å². The van der Waals surface area contributed by atoms with E-state index in [-0.39, 0.29) is 4.90 Å². The summed E-state index contributed by atoms with van der Waals surface area (Å²) in [6.07, 6.45) is 1.37. The van der Waals surface area contributed by atoms with Gasteiger partial charge >= 0.3 is 0 Å². The average molecular weight is 398 g/mol. The van der Waals surface area contributed by atoms with Crippen molar-refractivity contribution in [1.82, 2.24) is 4.90 Å². The van der Waals surface area contributed by atoms with Crippen LogP contribution in [0.4, 0.5) is 0 Å². The molecule has 0 heterocycles. The molecule has 1 aromatic rings. The van der Waals surface area contributed by atoms with Gasteiger partial charge in [-0.3, -0.25) is 0 Å². The molecule has 1 rings (SSSR count). The number of nitrogens with zero attached hydrogens (tertiary/aromatic N) is 2. The molecule has 0 spiro atoms. The molecule has 0 atom stereocenters. The fraction of sp³-hybridized carbons (Fsp3) is 0.364. The van der Waals surface area contributed by atoms with Gasteiger partial charge in [0.05, 0.1) is 4.90 Å². The molecule has 1 aromatic carbocycles. The first kappa shape index (κ1) is 15.7. The molecule has 7 heteroatoms. The Labute approximate surface area is 124 Å². The summed E-state index contributed by atoms with van der Waals surface area (Å²) in [5.41, 5.74) is 0. The fourth-order valence-corrected chi connectivity index (χ4v) is 3.78. The molecule has 0 amide bonds. The molecule has 0 aliphatic carbocycles. The molecule has 0 unspecified atom stereocenters.